The molecule has 0 spiro atoms. The quantitative estimate of drug-likeness (QED) is 0.868. The number of rotatable bonds is 5. The molecule has 1 aromatic carbocycles. The molecule has 1 heterocycles. The smallest absolute Gasteiger partial charge is 0.319 e. The molecular weight excluding hydrogens is 318 g/mol. The molecule has 0 aliphatic rings. The van der Waals surface area contributed by atoms with E-state index in [1.807, 2.05) is 51.1 Å². The van der Waals surface area contributed by atoms with Crippen LogP contribution in [0.4, 0.5) is 10.5 Å². The molecule has 2 N–H and O–H groups in total. The fourth-order valence-corrected chi connectivity index (χ4v) is 2.65. The van der Waals surface area contributed by atoms with Gasteiger partial charge in [0.2, 0.25) is 5.91 Å². The maximum absolute atomic E-state index is 12.2. The van der Waals surface area contributed by atoms with Crippen LogP contribution < -0.4 is 10.6 Å². The number of nitrogens with zero attached hydrogens (tertiary/aromatic N) is 1. The standard InChI is InChI=1S/C19H25N3O3/c1-12-9-18(14(3)25-12)13(2)20-19(24)21-17-8-6-7-16(10-17)11-22(5)15(4)23/h6-10,13H,11H2,1-5H3,(H2,20,21,24)/t13-/m0/s1. The molecule has 6 heteroatoms. The SMILES string of the molecule is CC(=O)N(C)Cc1cccc(NC(=O)N[C@@H](C)c2cc(C)oc2C)c1. The number of furan rings is 1. The second kappa shape index (κ2) is 7.88. The van der Waals surface area contributed by atoms with Gasteiger partial charge in [-0.2, -0.15) is 0 Å². The lowest BCUT2D eigenvalue weighted by molar-refractivity contribution is -0.128. The lowest BCUT2D eigenvalue weighted by Crippen LogP contribution is -2.31. The van der Waals surface area contributed by atoms with Gasteiger partial charge in [-0.3, -0.25) is 4.79 Å². The van der Waals surface area contributed by atoms with Gasteiger partial charge in [-0.05, 0) is 44.5 Å². The molecule has 25 heavy (non-hydrogen) atoms. The molecular formula is C19H25N3O3. The highest BCUT2D eigenvalue weighted by molar-refractivity contribution is 5.89. The van der Waals surface area contributed by atoms with E-state index in [1.54, 1.807) is 11.9 Å². The fourth-order valence-electron chi connectivity index (χ4n) is 2.65. The highest BCUT2D eigenvalue weighted by Crippen LogP contribution is 2.21. The average Bonchev–Trinajstić information content (AvgIpc) is 2.86. The van der Waals surface area contributed by atoms with Crippen molar-refractivity contribution in [3.8, 4) is 0 Å². The van der Waals surface area contributed by atoms with Crippen LogP contribution in [0.2, 0.25) is 0 Å². The average molecular weight is 343 g/mol. The van der Waals surface area contributed by atoms with Gasteiger partial charge in [0.25, 0.3) is 0 Å². The Bertz CT molecular complexity index is 767. The van der Waals surface area contributed by atoms with E-state index in [9.17, 15) is 9.59 Å². The first-order chi connectivity index (χ1) is 11.8. The van der Waals surface area contributed by atoms with Gasteiger partial charge in [0.15, 0.2) is 0 Å². The molecule has 0 bridgehead atoms. The Labute approximate surface area is 148 Å². The molecule has 1 aromatic heterocycles. The predicted octanol–water partition coefficient (Wildman–Crippen LogP) is 3.76. The van der Waals surface area contributed by atoms with E-state index in [1.165, 1.54) is 6.92 Å². The summed E-state index contributed by atoms with van der Waals surface area (Å²) in [6, 6.07) is 8.92. The molecule has 0 aliphatic carbocycles. The molecule has 0 aliphatic heterocycles. The van der Waals surface area contributed by atoms with Gasteiger partial charge < -0.3 is 20.0 Å². The third kappa shape index (κ3) is 5.11. The monoisotopic (exact) mass is 343 g/mol. The van der Waals surface area contributed by atoms with E-state index in [0.717, 1.165) is 22.6 Å². The number of benzene rings is 1. The number of carbonyl (C=O) groups is 2. The molecule has 0 saturated carbocycles. The first-order valence-corrected chi connectivity index (χ1v) is 8.21. The number of aryl methyl sites for hydroxylation is 2. The summed E-state index contributed by atoms with van der Waals surface area (Å²) in [5.74, 6) is 1.62. The van der Waals surface area contributed by atoms with E-state index in [4.69, 9.17) is 4.42 Å². The molecule has 0 fully saturated rings. The van der Waals surface area contributed by atoms with Crippen molar-refractivity contribution in [2.24, 2.45) is 0 Å². The Morgan fingerprint density at radius 2 is 1.96 bits per heavy atom. The first-order valence-electron chi connectivity index (χ1n) is 8.21. The first kappa shape index (κ1) is 18.6. The Balaban J connectivity index is 1.98. The van der Waals surface area contributed by atoms with Crippen molar-refractivity contribution < 1.29 is 14.0 Å². The number of hydrogen-bond acceptors (Lipinski definition) is 3. The number of anilines is 1. The van der Waals surface area contributed by atoms with Crippen LogP contribution in [0.1, 0.15) is 42.5 Å². The van der Waals surface area contributed by atoms with Crippen LogP contribution in [0, 0.1) is 13.8 Å². The van der Waals surface area contributed by atoms with Crippen LogP contribution in [0.5, 0.6) is 0 Å². The molecule has 134 valence electrons. The van der Waals surface area contributed by atoms with Gasteiger partial charge in [-0.25, -0.2) is 4.79 Å². The van der Waals surface area contributed by atoms with E-state index >= 15 is 0 Å². The molecule has 0 unspecified atom stereocenters. The van der Waals surface area contributed by atoms with Gasteiger partial charge in [0.05, 0.1) is 6.04 Å². The maximum atomic E-state index is 12.2. The van der Waals surface area contributed by atoms with Crippen LogP contribution in [-0.2, 0) is 11.3 Å². The highest BCUT2D eigenvalue weighted by Gasteiger charge is 2.15. The fraction of sp³-hybridized carbons (Fsp3) is 0.368. The normalized spacial score (nSPS) is 11.7. The Morgan fingerprint density at radius 3 is 2.56 bits per heavy atom. The van der Waals surface area contributed by atoms with Gasteiger partial charge in [0.1, 0.15) is 11.5 Å². The molecule has 2 aromatic rings. The second-order valence-corrected chi connectivity index (χ2v) is 6.26. The van der Waals surface area contributed by atoms with Crippen molar-refractivity contribution in [1.29, 1.82) is 0 Å². The summed E-state index contributed by atoms with van der Waals surface area (Å²) < 4.78 is 5.50. The number of urea groups is 1. The summed E-state index contributed by atoms with van der Waals surface area (Å²) in [7, 11) is 1.74. The van der Waals surface area contributed by atoms with Gasteiger partial charge >= 0.3 is 6.03 Å². The molecule has 0 saturated heterocycles. The molecule has 0 radical (unpaired) electrons. The van der Waals surface area contributed by atoms with Crippen molar-refractivity contribution in [1.82, 2.24) is 10.2 Å². The largest absolute Gasteiger partial charge is 0.466 e. The Morgan fingerprint density at radius 1 is 1.24 bits per heavy atom. The summed E-state index contributed by atoms with van der Waals surface area (Å²) in [5, 5.41) is 5.73. The van der Waals surface area contributed by atoms with Gasteiger partial charge in [0, 0.05) is 31.8 Å². The molecule has 1 atom stereocenters. The number of carbonyl (C=O) groups excluding carboxylic acids is 2. The van der Waals surface area contributed by atoms with Crippen molar-refractivity contribution in [2.45, 2.75) is 40.3 Å². The van der Waals surface area contributed by atoms with Crippen molar-refractivity contribution in [2.75, 3.05) is 12.4 Å². The third-order valence-corrected chi connectivity index (χ3v) is 4.04. The van der Waals surface area contributed by atoms with Crippen molar-refractivity contribution in [3.05, 3.63) is 53.0 Å². The maximum Gasteiger partial charge on any atom is 0.319 e. The number of hydrogen-bond donors (Lipinski definition) is 2. The Kier molecular flexibility index (Phi) is 5.85. The van der Waals surface area contributed by atoms with Crippen LogP contribution in [0.3, 0.4) is 0 Å². The van der Waals surface area contributed by atoms with Crippen molar-refractivity contribution >= 4 is 17.6 Å². The molecule has 2 rings (SSSR count). The van der Waals surface area contributed by atoms with Gasteiger partial charge in [-0.1, -0.05) is 12.1 Å². The minimum Gasteiger partial charge on any atom is -0.466 e. The second-order valence-electron chi connectivity index (χ2n) is 6.26. The highest BCUT2D eigenvalue weighted by atomic mass is 16.3. The van der Waals surface area contributed by atoms with Gasteiger partial charge in [-0.15, -0.1) is 0 Å². The third-order valence-electron chi connectivity index (χ3n) is 4.04. The topological polar surface area (TPSA) is 74.6 Å². The van der Waals surface area contributed by atoms with Crippen LogP contribution in [-0.4, -0.2) is 23.9 Å². The Hall–Kier alpha value is -2.76. The zero-order valence-corrected chi connectivity index (χ0v) is 15.3. The number of nitrogens with one attached hydrogen (secondary N) is 2. The van der Waals surface area contributed by atoms with E-state index in [-0.39, 0.29) is 18.0 Å². The number of amides is 3. The lowest BCUT2D eigenvalue weighted by atomic mass is 10.1. The minimum absolute atomic E-state index is 0.00398. The van der Waals surface area contributed by atoms with Crippen LogP contribution in [0.15, 0.2) is 34.7 Å². The zero-order chi connectivity index (χ0) is 18.6. The summed E-state index contributed by atoms with van der Waals surface area (Å²) in [5.41, 5.74) is 2.59. The summed E-state index contributed by atoms with van der Waals surface area (Å²) in [4.78, 5) is 25.2. The zero-order valence-electron chi connectivity index (χ0n) is 15.3. The molecule has 3 amide bonds. The lowest BCUT2D eigenvalue weighted by Gasteiger charge is -2.16. The van der Waals surface area contributed by atoms with Crippen LogP contribution >= 0.6 is 0 Å². The minimum atomic E-state index is -0.289. The van der Waals surface area contributed by atoms with Crippen LogP contribution in [0.25, 0.3) is 0 Å². The van der Waals surface area contributed by atoms with E-state index in [0.29, 0.717) is 12.2 Å². The summed E-state index contributed by atoms with van der Waals surface area (Å²) in [6.45, 7) is 7.70. The summed E-state index contributed by atoms with van der Waals surface area (Å²) >= 11 is 0. The summed E-state index contributed by atoms with van der Waals surface area (Å²) in [6.07, 6.45) is 0. The predicted molar refractivity (Wildman–Crippen MR) is 97.3 cm³/mol. The molecule has 6 nitrogen and oxygen atoms in total. The van der Waals surface area contributed by atoms with E-state index in [2.05, 4.69) is 10.6 Å². The van der Waals surface area contributed by atoms with E-state index < -0.39 is 0 Å². The van der Waals surface area contributed by atoms with Crippen molar-refractivity contribution in [3.63, 3.8) is 0 Å².